The van der Waals surface area contributed by atoms with Gasteiger partial charge in [0.05, 0.1) is 11.4 Å². The molecule has 2 aromatic heterocycles. The molecule has 0 aliphatic rings. The van der Waals surface area contributed by atoms with Gasteiger partial charge in [0.25, 0.3) is 0 Å². The van der Waals surface area contributed by atoms with Crippen LogP contribution in [0.15, 0.2) is 65.8 Å². The van der Waals surface area contributed by atoms with Crippen molar-refractivity contribution >= 4 is 34.9 Å². The number of carbonyl (C=O) groups is 1. The molecule has 0 aliphatic heterocycles. The Morgan fingerprint density at radius 2 is 1.79 bits per heavy atom. The van der Waals surface area contributed by atoms with Crippen molar-refractivity contribution in [2.75, 3.05) is 5.75 Å². The summed E-state index contributed by atoms with van der Waals surface area (Å²) in [5.41, 5.74) is 3.08. The maximum absolute atomic E-state index is 12.9. The topological polar surface area (TPSA) is 72.2 Å². The predicted molar refractivity (Wildman–Crippen MR) is 110 cm³/mol. The molecule has 4 rings (SSSR count). The highest BCUT2D eigenvalue weighted by atomic mass is 35.5. The number of halogens is 2. The van der Waals surface area contributed by atoms with Crippen molar-refractivity contribution < 1.29 is 9.18 Å². The molecule has 6 nitrogen and oxygen atoms in total. The molecular weight excluding hydrogens is 413 g/mol. The van der Waals surface area contributed by atoms with Gasteiger partial charge in [0.15, 0.2) is 5.65 Å². The summed E-state index contributed by atoms with van der Waals surface area (Å²) in [7, 11) is 0. The van der Waals surface area contributed by atoms with E-state index in [4.69, 9.17) is 11.6 Å². The van der Waals surface area contributed by atoms with Gasteiger partial charge in [0, 0.05) is 17.1 Å². The summed E-state index contributed by atoms with van der Waals surface area (Å²) in [6.07, 6.45) is 0. The summed E-state index contributed by atoms with van der Waals surface area (Å²) in [6.45, 7) is 0.333. The minimum absolute atomic E-state index is 0.162. The number of fused-ring (bicyclic) bond motifs is 1. The van der Waals surface area contributed by atoms with Crippen LogP contribution in [-0.2, 0) is 11.3 Å². The van der Waals surface area contributed by atoms with Crippen LogP contribution in [-0.4, -0.2) is 31.5 Å². The number of benzene rings is 2. The Morgan fingerprint density at radius 3 is 2.55 bits per heavy atom. The summed E-state index contributed by atoms with van der Waals surface area (Å²) in [5.74, 6) is -0.306. The maximum atomic E-state index is 12.9. The van der Waals surface area contributed by atoms with E-state index in [2.05, 4.69) is 20.6 Å². The van der Waals surface area contributed by atoms with Crippen LogP contribution < -0.4 is 5.32 Å². The van der Waals surface area contributed by atoms with E-state index in [9.17, 15) is 9.18 Å². The number of rotatable bonds is 6. The average Bonchev–Trinajstić information content (AvgIpc) is 3.14. The van der Waals surface area contributed by atoms with E-state index in [-0.39, 0.29) is 17.5 Å². The lowest BCUT2D eigenvalue weighted by atomic mass is 10.1. The molecule has 1 N–H and O–H groups in total. The van der Waals surface area contributed by atoms with Crippen LogP contribution in [0.3, 0.4) is 0 Å². The Labute approximate surface area is 175 Å². The van der Waals surface area contributed by atoms with Crippen molar-refractivity contribution in [2.45, 2.75) is 11.7 Å². The molecule has 0 saturated heterocycles. The number of amides is 1. The summed E-state index contributed by atoms with van der Waals surface area (Å²) >= 11 is 7.18. The normalized spacial score (nSPS) is 11.0. The summed E-state index contributed by atoms with van der Waals surface area (Å²) in [4.78, 5) is 12.1. The highest BCUT2D eigenvalue weighted by Gasteiger charge is 2.12. The predicted octanol–water partition coefficient (Wildman–Crippen LogP) is 3.99. The fraction of sp³-hybridized carbons (Fsp3) is 0.100. The van der Waals surface area contributed by atoms with Crippen LogP contribution in [0.4, 0.5) is 4.39 Å². The number of aromatic nitrogens is 4. The van der Waals surface area contributed by atoms with Crippen LogP contribution in [0.25, 0.3) is 16.9 Å². The molecule has 4 aromatic rings. The van der Waals surface area contributed by atoms with Gasteiger partial charge in [0.2, 0.25) is 11.1 Å². The van der Waals surface area contributed by atoms with Gasteiger partial charge in [-0.25, -0.2) is 4.39 Å². The van der Waals surface area contributed by atoms with Crippen LogP contribution in [0.5, 0.6) is 0 Å². The quantitative estimate of drug-likeness (QED) is 0.471. The lowest BCUT2D eigenvalue weighted by Gasteiger charge is -2.05. The van der Waals surface area contributed by atoms with Gasteiger partial charge < -0.3 is 5.32 Å². The molecule has 2 heterocycles. The monoisotopic (exact) mass is 427 g/mol. The third-order valence-corrected chi connectivity index (χ3v) is 5.28. The minimum atomic E-state index is -0.306. The van der Waals surface area contributed by atoms with Crippen molar-refractivity contribution in [2.24, 2.45) is 0 Å². The van der Waals surface area contributed by atoms with E-state index < -0.39 is 0 Å². The Balaban J connectivity index is 1.42. The zero-order valence-corrected chi connectivity index (χ0v) is 16.6. The van der Waals surface area contributed by atoms with E-state index in [0.717, 1.165) is 16.8 Å². The smallest absolute Gasteiger partial charge is 0.230 e. The van der Waals surface area contributed by atoms with Crippen molar-refractivity contribution in [3.63, 3.8) is 0 Å². The van der Waals surface area contributed by atoms with Crippen molar-refractivity contribution in [1.29, 1.82) is 0 Å². The van der Waals surface area contributed by atoms with Crippen LogP contribution in [0, 0.1) is 5.82 Å². The van der Waals surface area contributed by atoms with Gasteiger partial charge in [-0.3, -0.25) is 4.79 Å². The molecule has 0 spiro atoms. The zero-order valence-electron chi connectivity index (χ0n) is 15.0. The summed E-state index contributed by atoms with van der Waals surface area (Å²) in [6, 6.07) is 17.1. The molecule has 2 aromatic carbocycles. The van der Waals surface area contributed by atoms with Crippen molar-refractivity contribution in [1.82, 2.24) is 25.1 Å². The molecule has 146 valence electrons. The largest absolute Gasteiger partial charge is 0.351 e. The number of carbonyl (C=O) groups excluding carboxylic acids is 1. The molecule has 0 saturated carbocycles. The highest BCUT2D eigenvalue weighted by Crippen LogP contribution is 2.22. The van der Waals surface area contributed by atoms with Gasteiger partial charge in [-0.2, -0.15) is 9.61 Å². The third-order valence-electron chi connectivity index (χ3n) is 4.11. The fourth-order valence-corrected chi connectivity index (χ4v) is 3.46. The first-order valence-corrected chi connectivity index (χ1v) is 10.1. The molecule has 0 unspecified atom stereocenters. The number of nitrogens with zero attached hydrogens (tertiary/aromatic N) is 4. The summed E-state index contributed by atoms with van der Waals surface area (Å²) in [5, 5.41) is 16.8. The van der Waals surface area contributed by atoms with E-state index in [1.807, 2.05) is 24.3 Å². The van der Waals surface area contributed by atoms with Crippen molar-refractivity contribution in [3.8, 4) is 11.3 Å². The second kappa shape index (κ2) is 8.59. The lowest BCUT2D eigenvalue weighted by Crippen LogP contribution is -2.24. The minimum Gasteiger partial charge on any atom is -0.351 e. The average molecular weight is 428 g/mol. The van der Waals surface area contributed by atoms with Gasteiger partial charge in [-0.1, -0.05) is 47.6 Å². The SMILES string of the molecule is O=C(CSc1nnc2ccc(-c3ccc(Cl)cc3)nn12)NCc1ccc(F)cc1. The van der Waals surface area contributed by atoms with Crippen molar-refractivity contribution in [3.05, 3.63) is 77.1 Å². The van der Waals surface area contributed by atoms with Gasteiger partial charge in [-0.15, -0.1) is 10.2 Å². The fourth-order valence-electron chi connectivity index (χ4n) is 2.62. The van der Waals surface area contributed by atoms with Crippen LogP contribution >= 0.6 is 23.4 Å². The highest BCUT2D eigenvalue weighted by molar-refractivity contribution is 7.99. The number of thioether (sulfide) groups is 1. The standard InChI is InChI=1S/C20H15ClFN5OS/c21-15-5-3-14(4-6-15)17-9-10-18-24-25-20(27(18)26-17)29-12-19(28)23-11-13-1-7-16(22)8-2-13/h1-10H,11-12H2,(H,23,28). The van der Waals surface area contributed by atoms with Crippen LogP contribution in [0.1, 0.15) is 5.56 Å². The lowest BCUT2D eigenvalue weighted by molar-refractivity contribution is -0.118. The van der Waals surface area contributed by atoms with E-state index in [0.29, 0.717) is 22.4 Å². The molecule has 0 bridgehead atoms. The second-order valence-electron chi connectivity index (χ2n) is 6.17. The number of hydrogen-bond acceptors (Lipinski definition) is 5. The first-order valence-electron chi connectivity index (χ1n) is 8.71. The molecule has 1 amide bonds. The molecule has 9 heteroatoms. The number of hydrogen-bond donors (Lipinski definition) is 1. The molecule has 0 radical (unpaired) electrons. The van der Waals surface area contributed by atoms with Gasteiger partial charge in [-0.05, 0) is 42.0 Å². The van der Waals surface area contributed by atoms with E-state index in [1.165, 1.54) is 23.9 Å². The molecular formula is C20H15ClFN5OS. The molecule has 0 aliphatic carbocycles. The first kappa shape index (κ1) is 19.4. The molecule has 0 fully saturated rings. The Hall–Kier alpha value is -2.97. The molecule has 0 atom stereocenters. The van der Waals surface area contributed by atoms with E-state index in [1.54, 1.807) is 28.8 Å². The number of nitrogens with one attached hydrogen (secondary N) is 1. The summed E-state index contributed by atoms with van der Waals surface area (Å²) < 4.78 is 14.5. The zero-order chi connectivity index (χ0) is 20.2. The third kappa shape index (κ3) is 4.72. The Kier molecular flexibility index (Phi) is 5.73. The second-order valence-corrected chi connectivity index (χ2v) is 7.55. The van der Waals surface area contributed by atoms with Crippen LogP contribution in [0.2, 0.25) is 5.02 Å². The Morgan fingerprint density at radius 1 is 1.03 bits per heavy atom. The first-order chi connectivity index (χ1) is 14.1. The van der Waals surface area contributed by atoms with Gasteiger partial charge >= 0.3 is 0 Å². The van der Waals surface area contributed by atoms with Gasteiger partial charge in [0.1, 0.15) is 5.82 Å². The van der Waals surface area contributed by atoms with E-state index >= 15 is 0 Å². The maximum Gasteiger partial charge on any atom is 0.230 e. The molecule has 29 heavy (non-hydrogen) atoms. The Bertz CT molecular complexity index is 1150.